The molecule has 0 bridgehead atoms. The topological polar surface area (TPSA) is 42.2 Å². The molecule has 0 saturated heterocycles. The second-order valence-corrected chi connectivity index (χ2v) is 2.87. The highest BCUT2D eigenvalue weighted by Crippen LogP contribution is 1.99. The molecule has 1 heterocycles. The van der Waals surface area contributed by atoms with Crippen LogP contribution in [0.1, 0.15) is 12.7 Å². The Hall–Kier alpha value is -1.51. The van der Waals surface area contributed by atoms with Gasteiger partial charge in [0.15, 0.2) is 0 Å². The molecule has 1 rings (SSSR count). The molecule has 0 fully saturated rings. The van der Waals surface area contributed by atoms with Crippen molar-refractivity contribution in [3.63, 3.8) is 0 Å². The molecule has 0 spiro atoms. The van der Waals surface area contributed by atoms with E-state index in [0.29, 0.717) is 18.5 Å². The maximum Gasteiger partial charge on any atom is 0.246 e. The summed E-state index contributed by atoms with van der Waals surface area (Å²) in [7, 11) is 0. The van der Waals surface area contributed by atoms with E-state index in [4.69, 9.17) is 4.42 Å². The summed E-state index contributed by atoms with van der Waals surface area (Å²) in [5, 5.41) is 2.72. The molecule has 0 aromatic carbocycles. The van der Waals surface area contributed by atoms with Gasteiger partial charge in [-0.3, -0.25) is 4.79 Å². The minimum Gasteiger partial charge on any atom is -0.469 e. The first-order valence-electron chi connectivity index (χ1n) is 4.16. The van der Waals surface area contributed by atoms with Gasteiger partial charge in [0.1, 0.15) is 5.76 Å². The standard InChI is InChI=1S/C10H13NO2/c1-8(2)10(12)11-6-5-9-4-3-7-13-9/h3-4,7H,1,5-6H2,2H3,(H,11,12). The molecular formula is C10H13NO2. The lowest BCUT2D eigenvalue weighted by Gasteiger charge is -2.01. The van der Waals surface area contributed by atoms with E-state index in [1.54, 1.807) is 13.2 Å². The number of carbonyl (C=O) groups is 1. The zero-order valence-electron chi connectivity index (χ0n) is 7.67. The van der Waals surface area contributed by atoms with Gasteiger partial charge in [0.05, 0.1) is 6.26 Å². The van der Waals surface area contributed by atoms with Gasteiger partial charge in [0.2, 0.25) is 5.91 Å². The summed E-state index contributed by atoms with van der Waals surface area (Å²) in [6.07, 6.45) is 2.34. The Morgan fingerprint density at radius 2 is 2.46 bits per heavy atom. The molecule has 3 nitrogen and oxygen atoms in total. The Bertz CT molecular complexity index is 288. The highest BCUT2D eigenvalue weighted by atomic mass is 16.3. The van der Waals surface area contributed by atoms with E-state index in [9.17, 15) is 4.79 Å². The van der Waals surface area contributed by atoms with E-state index in [2.05, 4.69) is 11.9 Å². The van der Waals surface area contributed by atoms with Crippen LogP contribution < -0.4 is 5.32 Å². The zero-order valence-corrected chi connectivity index (χ0v) is 7.67. The minimum atomic E-state index is -0.105. The van der Waals surface area contributed by atoms with Crippen LogP contribution in [0.4, 0.5) is 0 Å². The molecule has 1 aromatic rings. The Kier molecular flexibility index (Phi) is 3.31. The van der Waals surface area contributed by atoms with Crippen molar-refractivity contribution in [3.8, 4) is 0 Å². The predicted molar refractivity (Wildman–Crippen MR) is 50.2 cm³/mol. The van der Waals surface area contributed by atoms with Crippen molar-refractivity contribution in [2.45, 2.75) is 13.3 Å². The second-order valence-electron chi connectivity index (χ2n) is 2.87. The maximum atomic E-state index is 11.0. The summed E-state index contributed by atoms with van der Waals surface area (Å²) in [5.74, 6) is 0.772. The summed E-state index contributed by atoms with van der Waals surface area (Å²) in [6.45, 7) is 5.80. The summed E-state index contributed by atoms with van der Waals surface area (Å²) >= 11 is 0. The fourth-order valence-electron chi connectivity index (χ4n) is 0.905. The van der Waals surface area contributed by atoms with Crippen molar-refractivity contribution in [3.05, 3.63) is 36.3 Å². The monoisotopic (exact) mass is 179 g/mol. The molecule has 0 aliphatic rings. The van der Waals surface area contributed by atoms with Crippen LogP contribution in [0.2, 0.25) is 0 Å². The highest BCUT2D eigenvalue weighted by molar-refractivity contribution is 5.92. The predicted octanol–water partition coefficient (Wildman–Crippen LogP) is 1.51. The summed E-state index contributed by atoms with van der Waals surface area (Å²) < 4.78 is 5.10. The van der Waals surface area contributed by atoms with Crippen LogP contribution in [0, 0.1) is 0 Å². The van der Waals surface area contributed by atoms with Gasteiger partial charge in [-0.05, 0) is 19.1 Å². The molecule has 13 heavy (non-hydrogen) atoms. The SMILES string of the molecule is C=C(C)C(=O)NCCc1ccco1. The van der Waals surface area contributed by atoms with Crippen LogP contribution in [-0.2, 0) is 11.2 Å². The molecule has 1 aromatic heterocycles. The van der Waals surface area contributed by atoms with Crippen molar-refractivity contribution >= 4 is 5.91 Å². The van der Waals surface area contributed by atoms with Gasteiger partial charge in [-0.25, -0.2) is 0 Å². The molecule has 0 saturated carbocycles. The van der Waals surface area contributed by atoms with Gasteiger partial charge < -0.3 is 9.73 Å². The Balaban J connectivity index is 2.22. The average Bonchev–Trinajstić information content (AvgIpc) is 2.56. The quantitative estimate of drug-likeness (QED) is 0.712. The van der Waals surface area contributed by atoms with Gasteiger partial charge in [-0.2, -0.15) is 0 Å². The second kappa shape index (κ2) is 4.50. The van der Waals surface area contributed by atoms with E-state index in [0.717, 1.165) is 5.76 Å². The summed E-state index contributed by atoms with van der Waals surface area (Å²) in [5.41, 5.74) is 0.527. The van der Waals surface area contributed by atoms with Gasteiger partial charge in [0, 0.05) is 18.5 Å². The van der Waals surface area contributed by atoms with E-state index in [-0.39, 0.29) is 5.91 Å². The van der Waals surface area contributed by atoms with Gasteiger partial charge >= 0.3 is 0 Å². The van der Waals surface area contributed by atoms with Crippen LogP contribution in [0.15, 0.2) is 35.0 Å². The minimum absolute atomic E-state index is 0.105. The van der Waals surface area contributed by atoms with Crippen LogP contribution in [0.25, 0.3) is 0 Å². The molecule has 0 aliphatic heterocycles. The lowest BCUT2D eigenvalue weighted by Crippen LogP contribution is -2.25. The number of carbonyl (C=O) groups excluding carboxylic acids is 1. The lowest BCUT2D eigenvalue weighted by atomic mass is 10.3. The van der Waals surface area contributed by atoms with Crippen LogP contribution in [0.3, 0.4) is 0 Å². The molecule has 1 N–H and O–H groups in total. The normalized spacial score (nSPS) is 9.62. The number of hydrogen-bond donors (Lipinski definition) is 1. The fourth-order valence-corrected chi connectivity index (χ4v) is 0.905. The third-order valence-corrected chi connectivity index (χ3v) is 1.62. The third kappa shape index (κ3) is 3.15. The highest BCUT2D eigenvalue weighted by Gasteiger charge is 2.00. The first kappa shape index (κ1) is 9.58. The molecule has 0 atom stereocenters. The van der Waals surface area contributed by atoms with E-state index >= 15 is 0 Å². The Morgan fingerprint density at radius 3 is 3.00 bits per heavy atom. The zero-order chi connectivity index (χ0) is 9.68. The van der Waals surface area contributed by atoms with E-state index < -0.39 is 0 Å². The molecule has 0 unspecified atom stereocenters. The molecule has 0 radical (unpaired) electrons. The van der Waals surface area contributed by atoms with Gasteiger partial charge in [-0.15, -0.1) is 0 Å². The number of rotatable bonds is 4. The maximum absolute atomic E-state index is 11.0. The molecular weight excluding hydrogens is 166 g/mol. The van der Waals surface area contributed by atoms with E-state index in [1.165, 1.54) is 0 Å². The largest absolute Gasteiger partial charge is 0.469 e. The van der Waals surface area contributed by atoms with Crippen molar-refractivity contribution < 1.29 is 9.21 Å². The Morgan fingerprint density at radius 1 is 1.69 bits per heavy atom. The van der Waals surface area contributed by atoms with Crippen molar-refractivity contribution in [1.29, 1.82) is 0 Å². The summed E-state index contributed by atoms with van der Waals surface area (Å²) in [6, 6.07) is 3.71. The van der Waals surface area contributed by atoms with Gasteiger partial charge in [0.25, 0.3) is 0 Å². The number of amides is 1. The molecule has 0 aliphatic carbocycles. The first-order valence-corrected chi connectivity index (χ1v) is 4.16. The lowest BCUT2D eigenvalue weighted by molar-refractivity contribution is -0.117. The number of furan rings is 1. The van der Waals surface area contributed by atoms with Crippen molar-refractivity contribution in [2.24, 2.45) is 0 Å². The smallest absolute Gasteiger partial charge is 0.246 e. The van der Waals surface area contributed by atoms with Gasteiger partial charge in [-0.1, -0.05) is 6.58 Å². The number of hydrogen-bond acceptors (Lipinski definition) is 2. The fraction of sp³-hybridized carbons (Fsp3) is 0.300. The summed E-state index contributed by atoms with van der Waals surface area (Å²) in [4.78, 5) is 11.0. The molecule has 70 valence electrons. The number of nitrogens with one attached hydrogen (secondary N) is 1. The Labute approximate surface area is 77.4 Å². The van der Waals surface area contributed by atoms with Crippen LogP contribution >= 0.6 is 0 Å². The van der Waals surface area contributed by atoms with Crippen LogP contribution in [0.5, 0.6) is 0 Å². The average molecular weight is 179 g/mol. The molecule has 3 heteroatoms. The van der Waals surface area contributed by atoms with Crippen molar-refractivity contribution in [2.75, 3.05) is 6.54 Å². The van der Waals surface area contributed by atoms with Crippen molar-refractivity contribution in [1.82, 2.24) is 5.32 Å². The first-order chi connectivity index (χ1) is 6.20. The van der Waals surface area contributed by atoms with E-state index in [1.807, 2.05) is 12.1 Å². The third-order valence-electron chi connectivity index (χ3n) is 1.62. The molecule has 1 amide bonds. The van der Waals surface area contributed by atoms with Crippen LogP contribution in [-0.4, -0.2) is 12.5 Å².